The molecule has 1 N–H and O–H groups in total. The van der Waals surface area contributed by atoms with Gasteiger partial charge in [0.15, 0.2) is 0 Å². The Kier molecular flexibility index (Phi) is 1.92. The molecule has 1 fully saturated rings. The number of aryl methyl sites for hydroxylation is 1. The van der Waals surface area contributed by atoms with E-state index in [0.717, 1.165) is 18.4 Å². The largest absolute Gasteiger partial charge is 0.385 e. The molecule has 0 bridgehead atoms. The first kappa shape index (κ1) is 8.76. The van der Waals surface area contributed by atoms with Crippen LogP contribution in [-0.2, 0) is 5.60 Å². The molecule has 0 amide bonds. The summed E-state index contributed by atoms with van der Waals surface area (Å²) in [5.41, 5.74) is 1.80. The van der Waals surface area contributed by atoms with Gasteiger partial charge in [-0.05, 0) is 31.2 Å². The zero-order chi connectivity index (χ0) is 9.47. The van der Waals surface area contributed by atoms with E-state index in [1.54, 1.807) is 0 Å². The molecular weight excluding hydrogens is 160 g/mol. The van der Waals surface area contributed by atoms with Crippen molar-refractivity contribution in [2.24, 2.45) is 5.92 Å². The quantitative estimate of drug-likeness (QED) is 0.697. The standard InChI is InChI=1S/C12H16O/c1-9-3-5-11(6-4-9)12(13)8-7-10(12)2/h3-6,10,13H,7-8H2,1-2H3. The Labute approximate surface area is 79.4 Å². The molecular formula is C12H16O. The van der Waals surface area contributed by atoms with Gasteiger partial charge in [-0.15, -0.1) is 0 Å². The Morgan fingerprint density at radius 2 is 1.92 bits per heavy atom. The number of hydrogen-bond donors (Lipinski definition) is 1. The molecule has 0 heterocycles. The molecule has 1 aliphatic carbocycles. The van der Waals surface area contributed by atoms with Crippen LogP contribution in [0.15, 0.2) is 24.3 Å². The van der Waals surface area contributed by atoms with Gasteiger partial charge in [-0.3, -0.25) is 0 Å². The smallest absolute Gasteiger partial charge is 0.0922 e. The fourth-order valence-electron chi connectivity index (χ4n) is 1.98. The summed E-state index contributed by atoms with van der Waals surface area (Å²) in [5.74, 6) is 0.412. The highest BCUT2D eigenvalue weighted by atomic mass is 16.3. The molecule has 2 atom stereocenters. The zero-order valence-corrected chi connectivity index (χ0v) is 8.25. The highest BCUT2D eigenvalue weighted by Gasteiger charge is 2.43. The lowest BCUT2D eigenvalue weighted by Gasteiger charge is -2.44. The molecule has 70 valence electrons. The summed E-state index contributed by atoms with van der Waals surface area (Å²) in [7, 11) is 0. The Bertz CT molecular complexity index is 301. The van der Waals surface area contributed by atoms with Crippen LogP contribution in [0, 0.1) is 12.8 Å². The van der Waals surface area contributed by atoms with Gasteiger partial charge < -0.3 is 5.11 Å². The van der Waals surface area contributed by atoms with E-state index in [1.807, 2.05) is 12.1 Å². The van der Waals surface area contributed by atoms with Gasteiger partial charge in [0.25, 0.3) is 0 Å². The zero-order valence-electron chi connectivity index (χ0n) is 8.25. The average molecular weight is 176 g/mol. The van der Waals surface area contributed by atoms with Gasteiger partial charge in [-0.1, -0.05) is 36.8 Å². The maximum atomic E-state index is 10.2. The maximum absolute atomic E-state index is 10.2. The van der Waals surface area contributed by atoms with Crippen LogP contribution in [-0.4, -0.2) is 5.11 Å². The van der Waals surface area contributed by atoms with E-state index >= 15 is 0 Å². The molecule has 2 unspecified atom stereocenters. The van der Waals surface area contributed by atoms with Crippen molar-refractivity contribution < 1.29 is 5.11 Å². The van der Waals surface area contributed by atoms with Crippen molar-refractivity contribution in [1.29, 1.82) is 0 Å². The molecule has 1 heteroatoms. The minimum Gasteiger partial charge on any atom is -0.385 e. The summed E-state index contributed by atoms with van der Waals surface area (Å²) in [6.45, 7) is 4.18. The van der Waals surface area contributed by atoms with Crippen molar-refractivity contribution in [3.05, 3.63) is 35.4 Å². The third kappa shape index (κ3) is 1.28. The van der Waals surface area contributed by atoms with Gasteiger partial charge in [-0.2, -0.15) is 0 Å². The van der Waals surface area contributed by atoms with E-state index in [0.29, 0.717) is 5.92 Å². The van der Waals surface area contributed by atoms with Gasteiger partial charge in [0, 0.05) is 0 Å². The van der Waals surface area contributed by atoms with Crippen LogP contribution >= 0.6 is 0 Å². The summed E-state index contributed by atoms with van der Waals surface area (Å²) in [5, 5.41) is 10.2. The normalized spacial score (nSPS) is 32.7. The van der Waals surface area contributed by atoms with Crippen molar-refractivity contribution in [1.82, 2.24) is 0 Å². The molecule has 0 saturated heterocycles. The van der Waals surface area contributed by atoms with Gasteiger partial charge >= 0.3 is 0 Å². The lowest BCUT2D eigenvalue weighted by Crippen LogP contribution is -2.42. The Balaban J connectivity index is 2.30. The number of aliphatic hydroxyl groups is 1. The van der Waals surface area contributed by atoms with Crippen molar-refractivity contribution in [3.63, 3.8) is 0 Å². The van der Waals surface area contributed by atoms with Crippen molar-refractivity contribution >= 4 is 0 Å². The summed E-state index contributed by atoms with van der Waals surface area (Å²) in [6.07, 6.45) is 2.06. The minimum absolute atomic E-state index is 0.412. The van der Waals surface area contributed by atoms with Crippen molar-refractivity contribution in [2.75, 3.05) is 0 Å². The fourth-order valence-corrected chi connectivity index (χ4v) is 1.98. The molecule has 1 aliphatic rings. The average Bonchev–Trinajstić information content (AvgIpc) is 2.15. The molecule has 2 rings (SSSR count). The predicted molar refractivity (Wildman–Crippen MR) is 53.5 cm³/mol. The monoisotopic (exact) mass is 176 g/mol. The number of rotatable bonds is 1. The van der Waals surface area contributed by atoms with Crippen LogP contribution in [0.3, 0.4) is 0 Å². The maximum Gasteiger partial charge on any atom is 0.0922 e. The van der Waals surface area contributed by atoms with E-state index in [9.17, 15) is 5.11 Å². The van der Waals surface area contributed by atoms with E-state index in [1.165, 1.54) is 5.56 Å². The van der Waals surface area contributed by atoms with Gasteiger partial charge in [-0.25, -0.2) is 0 Å². The molecule has 0 radical (unpaired) electrons. The van der Waals surface area contributed by atoms with Crippen LogP contribution < -0.4 is 0 Å². The van der Waals surface area contributed by atoms with E-state index < -0.39 is 5.60 Å². The second kappa shape index (κ2) is 2.85. The molecule has 0 aromatic heterocycles. The minimum atomic E-state index is -0.534. The number of benzene rings is 1. The first-order chi connectivity index (χ1) is 6.13. The lowest BCUT2D eigenvalue weighted by atomic mass is 9.67. The summed E-state index contributed by atoms with van der Waals surface area (Å²) in [4.78, 5) is 0. The van der Waals surface area contributed by atoms with Crippen LogP contribution in [0.1, 0.15) is 30.9 Å². The molecule has 0 aliphatic heterocycles. The third-order valence-electron chi connectivity index (χ3n) is 3.33. The third-order valence-corrected chi connectivity index (χ3v) is 3.33. The van der Waals surface area contributed by atoms with Crippen molar-refractivity contribution in [2.45, 2.75) is 32.3 Å². The van der Waals surface area contributed by atoms with Crippen LogP contribution in [0.25, 0.3) is 0 Å². The SMILES string of the molecule is Cc1ccc(C2(O)CCC2C)cc1. The van der Waals surface area contributed by atoms with E-state index in [-0.39, 0.29) is 0 Å². The van der Waals surface area contributed by atoms with Gasteiger partial charge in [0.1, 0.15) is 0 Å². The van der Waals surface area contributed by atoms with Crippen LogP contribution in [0.4, 0.5) is 0 Å². The first-order valence-electron chi connectivity index (χ1n) is 4.92. The molecule has 0 spiro atoms. The molecule has 1 aromatic carbocycles. The second-order valence-electron chi connectivity index (χ2n) is 4.23. The first-order valence-corrected chi connectivity index (χ1v) is 4.92. The Morgan fingerprint density at radius 1 is 1.31 bits per heavy atom. The lowest BCUT2D eigenvalue weighted by molar-refractivity contribution is -0.0930. The Hall–Kier alpha value is -0.820. The highest BCUT2D eigenvalue weighted by Crippen LogP contribution is 2.46. The molecule has 1 saturated carbocycles. The fraction of sp³-hybridized carbons (Fsp3) is 0.500. The predicted octanol–water partition coefficient (Wildman–Crippen LogP) is 2.61. The van der Waals surface area contributed by atoms with Crippen LogP contribution in [0.2, 0.25) is 0 Å². The van der Waals surface area contributed by atoms with Crippen molar-refractivity contribution in [3.8, 4) is 0 Å². The second-order valence-corrected chi connectivity index (χ2v) is 4.23. The van der Waals surface area contributed by atoms with E-state index in [2.05, 4.69) is 26.0 Å². The van der Waals surface area contributed by atoms with E-state index in [4.69, 9.17) is 0 Å². The summed E-state index contributed by atoms with van der Waals surface area (Å²) < 4.78 is 0. The number of hydrogen-bond acceptors (Lipinski definition) is 1. The Morgan fingerprint density at radius 3 is 2.31 bits per heavy atom. The van der Waals surface area contributed by atoms with Gasteiger partial charge in [0.2, 0.25) is 0 Å². The molecule has 1 nitrogen and oxygen atoms in total. The van der Waals surface area contributed by atoms with Crippen LogP contribution in [0.5, 0.6) is 0 Å². The summed E-state index contributed by atoms with van der Waals surface area (Å²) >= 11 is 0. The molecule has 1 aromatic rings. The summed E-state index contributed by atoms with van der Waals surface area (Å²) in [6, 6.07) is 8.23. The highest BCUT2D eigenvalue weighted by molar-refractivity contribution is 5.28. The topological polar surface area (TPSA) is 20.2 Å². The van der Waals surface area contributed by atoms with Gasteiger partial charge in [0.05, 0.1) is 5.60 Å². The molecule has 13 heavy (non-hydrogen) atoms.